The molecule has 0 saturated carbocycles. The van der Waals surface area contributed by atoms with Gasteiger partial charge in [0.2, 0.25) is 0 Å². The van der Waals surface area contributed by atoms with Crippen LogP contribution in [0.1, 0.15) is 10.4 Å². The number of nitrogens with one attached hydrogen (secondary N) is 2. The summed E-state index contributed by atoms with van der Waals surface area (Å²) in [5.74, 6) is -1.80. The van der Waals surface area contributed by atoms with E-state index in [1.807, 2.05) is 0 Å². The molecule has 2 rings (SSSR count). The van der Waals surface area contributed by atoms with Crippen LogP contribution in [0.2, 0.25) is 0 Å². The highest BCUT2D eigenvalue weighted by atomic mass is 19.1. The van der Waals surface area contributed by atoms with Crippen molar-refractivity contribution in [3.05, 3.63) is 59.9 Å². The van der Waals surface area contributed by atoms with Gasteiger partial charge in [-0.25, -0.2) is 14.0 Å². The molecule has 0 aliphatic rings. The molecule has 0 aliphatic carbocycles. The highest BCUT2D eigenvalue weighted by Crippen LogP contribution is 2.11. The van der Waals surface area contributed by atoms with Gasteiger partial charge >= 0.3 is 12.0 Å². The van der Waals surface area contributed by atoms with Crippen LogP contribution in [-0.4, -0.2) is 24.5 Å². The number of carbonyl (C=O) groups is 3. The Bertz CT molecular complexity index is 762. The van der Waals surface area contributed by atoms with Crippen LogP contribution in [0, 0.1) is 5.82 Å². The molecule has 0 atom stereocenters. The van der Waals surface area contributed by atoms with Gasteiger partial charge in [-0.05, 0) is 42.5 Å². The average Bonchev–Trinajstić information content (AvgIpc) is 2.53. The quantitative estimate of drug-likeness (QED) is 0.729. The van der Waals surface area contributed by atoms with Crippen molar-refractivity contribution in [2.75, 3.05) is 17.2 Å². The Morgan fingerprint density at radius 3 is 2.33 bits per heavy atom. The molecule has 0 saturated heterocycles. The summed E-state index contributed by atoms with van der Waals surface area (Å²) in [6.45, 7) is -0.517. The summed E-state index contributed by atoms with van der Waals surface area (Å²) in [5.41, 5.74) is 5.85. The molecule has 2 aromatic rings. The molecule has 124 valence electrons. The Kier molecular flexibility index (Phi) is 5.45. The maximum Gasteiger partial charge on any atom is 0.338 e. The van der Waals surface area contributed by atoms with E-state index in [0.717, 1.165) is 6.07 Å². The Morgan fingerprint density at radius 2 is 1.71 bits per heavy atom. The molecule has 0 spiro atoms. The van der Waals surface area contributed by atoms with Crippen LogP contribution in [0.4, 0.5) is 20.6 Å². The summed E-state index contributed by atoms with van der Waals surface area (Å²) in [5, 5.41) is 4.75. The molecule has 24 heavy (non-hydrogen) atoms. The Balaban J connectivity index is 1.86. The standard InChI is InChI=1S/C16H14FN3O4/c17-11-2-1-3-13(8-11)19-14(21)9-24-15(22)10-4-6-12(7-5-10)20-16(18)23/h1-8H,9H2,(H,19,21)(H3,18,20,23). The molecular weight excluding hydrogens is 317 g/mol. The van der Waals surface area contributed by atoms with Crippen molar-refractivity contribution in [2.24, 2.45) is 5.73 Å². The van der Waals surface area contributed by atoms with Crippen LogP contribution in [0.5, 0.6) is 0 Å². The van der Waals surface area contributed by atoms with E-state index in [1.54, 1.807) is 0 Å². The van der Waals surface area contributed by atoms with Crippen LogP contribution in [0.15, 0.2) is 48.5 Å². The van der Waals surface area contributed by atoms with Gasteiger partial charge in [0.15, 0.2) is 6.61 Å². The van der Waals surface area contributed by atoms with E-state index in [-0.39, 0.29) is 11.3 Å². The van der Waals surface area contributed by atoms with Gasteiger partial charge in [-0.15, -0.1) is 0 Å². The molecule has 7 nitrogen and oxygen atoms in total. The molecule has 2 aromatic carbocycles. The Morgan fingerprint density at radius 1 is 1.00 bits per heavy atom. The predicted octanol–water partition coefficient (Wildman–Crippen LogP) is 2.11. The maximum absolute atomic E-state index is 13.0. The third-order valence-corrected chi connectivity index (χ3v) is 2.83. The number of halogens is 1. The number of primary amides is 1. The van der Waals surface area contributed by atoms with Gasteiger partial charge in [0, 0.05) is 11.4 Å². The highest BCUT2D eigenvalue weighted by Gasteiger charge is 2.11. The Hall–Kier alpha value is -3.42. The van der Waals surface area contributed by atoms with E-state index in [2.05, 4.69) is 10.6 Å². The van der Waals surface area contributed by atoms with Crippen molar-refractivity contribution in [3.8, 4) is 0 Å². The molecule has 0 bridgehead atoms. The van der Waals surface area contributed by atoms with Gasteiger partial charge in [0.05, 0.1) is 5.56 Å². The summed E-state index contributed by atoms with van der Waals surface area (Å²) in [4.78, 5) is 34.2. The number of amides is 3. The topological polar surface area (TPSA) is 111 Å². The van der Waals surface area contributed by atoms with Crippen LogP contribution in [-0.2, 0) is 9.53 Å². The minimum Gasteiger partial charge on any atom is -0.452 e. The number of benzene rings is 2. The third-order valence-electron chi connectivity index (χ3n) is 2.83. The van der Waals surface area contributed by atoms with Crippen LogP contribution < -0.4 is 16.4 Å². The molecule has 0 unspecified atom stereocenters. The maximum atomic E-state index is 13.0. The van der Waals surface area contributed by atoms with Gasteiger partial charge in [-0.1, -0.05) is 6.07 Å². The van der Waals surface area contributed by atoms with Crippen molar-refractivity contribution in [3.63, 3.8) is 0 Å². The van der Waals surface area contributed by atoms with E-state index >= 15 is 0 Å². The van der Waals surface area contributed by atoms with Gasteiger partial charge < -0.3 is 21.1 Å². The molecular formula is C16H14FN3O4. The number of hydrogen-bond acceptors (Lipinski definition) is 4. The number of anilines is 2. The normalized spacial score (nSPS) is 9.88. The smallest absolute Gasteiger partial charge is 0.338 e. The van der Waals surface area contributed by atoms with Crippen molar-refractivity contribution >= 4 is 29.3 Å². The Labute approximate surface area is 136 Å². The second-order valence-electron chi connectivity index (χ2n) is 4.70. The number of hydrogen-bond donors (Lipinski definition) is 3. The summed E-state index contributed by atoms with van der Waals surface area (Å²) in [6.07, 6.45) is 0. The van der Waals surface area contributed by atoms with Crippen LogP contribution >= 0.6 is 0 Å². The molecule has 0 aromatic heterocycles. The van der Waals surface area contributed by atoms with Crippen LogP contribution in [0.25, 0.3) is 0 Å². The number of urea groups is 1. The minimum absolute atomic E-state index is 0.198. The monoisotopic (exact) mass is 331 g/mol. The summed E-state index contributed by atoms with van der Waals surface area (Å²) in [6, 6.07) is 10.4. The van der Waals surface area contributed by atoms with E-state index < -0.39 is 30.3 Å². The zero-order valence-electron chi connectivity index (χ0n) is 12.4. The first-order valence-electron chi connectivity index (χ1n) is 6.83. The van der Waals surface area contributed by atoms with Gasteiger partial charge in [-0.2, -0.15) is 0 Å². The second-order valence-corrected chi connectivity index (χ2v) is 4.70. The molecule has 0 aliphatic heterocycles. The fourth-order valence-electron chi connectivity index (χ4n) is 1.81. The summed E-state index contributed by atoms with van der Waals surface area (Å²) < 4.78 is 17.9. The number of ether oxygens (including phenoxy) is 1. The lowest BCUT2D eigenvalue weighted by atomic mass is 10.2. The van der Waals surface area contributed by atoms with Crippen LogP contribution in [0.3, 0.4) is 0 Å². The van der Waals surface area contributed by atoms with E-state index in [0.29, 0.717) is 5.69 Å². The highest BCUT2D eigenvalue weighted by molar-refractivity contribution is 5.96. The molecule has 8 heteroatoms. The number of nitrogens with two attached hydrogens (primary N) is 1. The first kappa shape index (κ1) is 16.9. The lowest BCUT2D eigenvalue weighted by Crippen LogP contribution is -2.21. The first-order valence-corrected chi connectivity index (χ1v) is 6.83. The fraction of sp³-hybridized carbons (Fsp3) is 0.0625. The molecule has 0 radical (unpaired) electrons. The summed E-state index contributed by atoms with van der Waals surface area (Å²) in [7, 11) is 0. The zero-order chi connectivity index (χ0) is 17.5. The van der Waals surface area contributed by atoms with Gasteiger partial charge in [-0.3, -0.25) is 4.79 Å². The van der Waals surface area contributed by atoms with Gasteiger partial charge in [0.1, 0.15) is 5.82 Å². The molecule has 4 N–H and O–H groups in total. The summed E-state index contributed by atoms with van der Waals surface area (Å²) >= 11 is 0. The largest absolute Gasteiger partial charge is 0.452 e. The number of carbonyl (C=O) groups excluding carboxylic acids is 3. The van der Waals surface area contributed by atoms with E-state index in [4.69, 9.17) is 10.5 Å². The molecule has 3 amide bonds. The predicted molar refractivity (Wildman–Crippen MR) is 85.0 cm³/mol. The SMILES string of the molecule is NC(=O)Nc1ccc(C(=O)OCC(=O)Nc2cccc(F)c2)cc1. The average molecular weight is 331 g/mol. The van der Waals surface area contributed by atoms with E-state index in [9.17, 15) is 18.8 Å². The van der Waals surface area contributed by atoms with Crippen molar-refractivity contribution in [2.45, 2.75) is 0 Å². The first-order chi connectivity index (χ1) is 11.4. The molecule has 0 fully saturated rings. The fourth-order valence-corrected chi connectivity index (χ4v) is 1.81. The van der Waals surface area contributed by atoms with Crippen molar-refractivity contribution < 1.29 is 23.5 Å². The second kappa shape index (κ2) is 7.73. The lowest BCUT2D eigenvalue weighted by molar-refractivity contribution is -0.119. The number of esters is 1. The van der Waals surface area contributed by atoms with Crippen molar-refractivity contribution in [1.29, 1.82) is 0 Å². The van der Waals surface area contributed by atoms with Gasteiger partial charge in [0.25, 0.3) is 5.91 Å². The lowest BCUT2D eigenvalue weighted by Gasteiger charge is -2.07. The van der Waals surface area contributed by atoms with E-state index in [1.165, 1.54) is 42.5 Å². The molecule has 0 heterocycles. The minimum atomic E-state index is -0.723. The third kappa shape index (κ3) is 5.09. The number of rotatable bonds is 5. The zero-order valence-corrected chi connectivity index (χ0v) is 12.4. The van der Waals surface area contributed by atoms with Crippen molar-refractivity contribution in [1.82, 2.24) is 0 Å².